The van der Waals surface area contributed by atoms with Crippen molar-refractivity contribution in [2.75, 3.05) is 7.11 Å². The molecule has 0 spiro atoms. The highest BCUT2D eigenvalue weighted by molar-refractivity contribution is 5.87. The molecule has 1 aliphatic carbocycles. The van der Waals surface area contributed by atoms with Crippen LogP contribution in [0, 0.1) is 0 Å². The average molecular weight is 309 g/mol. The van der Waals surface area contributed by atoms with Crippen molar-refractivity contribution < 1.29 is 9.53 Å². The molecule has 0 aliphatic heterocycles. The zero-order valence-electron chi connectivity index (χ0n) is 13.1. The molecule has 1 N–H and O–H groups in total. The van der Waals surface area contributed by atoms with Gasteiger partial charge in [0.15, 0.2) is 0 Å². The van der Waals surface area contributed by atoms with Crippen molar-refractivity contribution in [3.63, 3.8) is 0 Å². The van der Waals surface area contributed by atoms with E-state index in [9.17, 15) is 4.79 Å². The lowest BCUT2D eigenvalue weighted by atomic mass is 9.71. The van der Waals surface area contributed by atoms with Crippen molar-refractivity contribution in [2.24, 2.45) is 0 Å². The summed E-state index contributed by atoms with van der Waals surface area (Å²) in [6, 6.07) is 8.08. The van der Waals surface area contributed by atoms with E-state index >= 15 is 0 Å². The van der Waals surface area contributed by atoms with Gasteiger partial charge in [0, 0.05) is 5.56 Å². The minimum absolute atomic E-state index is 0.132. The monoisotopic (exact) mass is 309 g/mol. The van der Waals surface area contributed by atoms with Crippen LogP contribution >= 0.6 is 0 Å². The topological polar surface area (TPSA) is 64.1 Å². The Morgan fingerprint density at radius 2 is 2.04 bits per heavy atom. The Balaban J connectivity index is 1.86. The highest BCUT2D eigenvalue weighted by atomic mass is 16.5. The molecule has 1 aliphatic rings. The summed E-state index contributed by atoms with van der Waals surface area (Å²) in [5, 5.41) is 3.07. The van der Waals surface area contributed by atoms with Crippen LogP contribution in [0.15, 0.2) is 49.3 Å². The van der Waals surface area contributed by atoms with Crippen LogP contribution in [0.2, 0.25) is 0 Å². The molecule has 118 valence electrons. The summed E-state index contributed by atoms with van der Waals surface area (Å²) in [6.07, 6.45) is 7.61. The third-order valence-corrected chi connectivity index (χ3v) is 4.31. The molecule has 3 rings (SSSR count). The molecule has 23 heavy (non-hydrogen) atoms. The Morgan fingerprint density at radius 1 is 1.30 bits per heavy atom. The Bertz CT molecular complexity index is 721. The number of benzene rings is 1. The third kappa shape index (κ3) is 2.95. The predicted molar refractivity (Wildman–Crippen MR) is 87.9 cm³/mol. The average Bonchev–Trinajstić information content (AvgIpc) is 2.58. The van der Waals surface area contributed by atoms with Gasteiger partial charge < -0.3 is 10.1 Å². The number of amides is 1. The fourth-order valence-electron chi connectivity index (χ4n) is 2.85. The number of hydrogen-bond acceptors (Lipinski definition) is 4. The van der Waals surface area contributed by atoms with Gasteiger partial charge in [0.2, 0.25) is 11.8 Å². The van der Waals surface area contributed by atoms with E-state index < -0.39 is 0 Å². The molecule has 0 unspecified atom stereocenters. The Kier molecular flexibility index (Phi) is 4.10. The lowest BCUT2D eigenvalue weighted by Gasteiger charge is -2.43. The van der Waals surface area contributed by atoms with Gasteiger partial charge in [-0.15, -0.1) is 0 Å². The molecule has 1 aromatic heterocycles. The van der Waals surface area contributed by atoms with Crippen LogP contribution in [0.1, 0.15) is 24.8 Å². The molecule has 5 nitrogen and oxygen atoms in total. The highest BCUT2D eigenvalue weighted by Gasteiger charge is 2.39. The smallest absolute Gasteiger partial charge is 0.244 e. The summed E-state index contributed by atoms with van der Waals surface area (Å²) in [6.45, 7) is 3.53. The first-order valence-corrected chi connectivity index (χ1v) is 7.58. The third-order valence-electron chi connectivity index (χ3n) is 4.31. The van der Waals surface area contributed by atoms with Gasteiger partial charge in [-0.1, -0.05) is 30.8 Å². The van der Waals surface area contributed by atoms with Crippen LogP contribution in [0.3, 0.4) is 0 Å². The number of ether oxygens (including phenoxy) is 1. The van der Waals surface area contributed by atoms with Crippen LogP contribution < -0.4 is 10.1 Å². The molecular formula is C18H19N3O2. The summed E-state index contributed by atoms with van der Waals surface area (Å²) in [5.41, 5.74) is 2.57. The number of methoxy groups -OCH3 is 1. The summed E-state index contributed by atoms with van der Waals surface area (Å²) < 4.78 is 5.11. The van der Waals surface area contributed by atoms with E-state index in [1.165, 1.54) is 6.08 Å². The lowest BCUT2D eigenvalue weighted by molar-refractivity contribution is -0.119. The van der Waals surface area contributed by atoms with Crippen LogP contribution in [0.25, 0.3) is 11.3 Å². The van der Waals surface area contributed by atoms with Gasteiger partial charge in [-0.05, 0) is 30.9 Å². The SMILES string of the molecule is C=CC(=O)NC1(c2ccc(-c3cncc(OC)n3)cc2)CCC1. The standard InChI is InChI=1S/C18H19N3O2/c1-3-16(22)21-18(9-4-10-18)14-7-5-13(6-8-14)15-11-19-12-17(20-15)23-2/h3,5-8,11-12H,1,4,9-10H2,2H3,(H,21,22). The summed E-state index contributed by atoms with van der Waals surface area (Å²) in [4.78, 5) is 20.2. The van der Waals surface area contributed by atoms with Gasteiger partial charge in [-0.3, -0.25) is 9.78 Å². The van der Waals surface area contributed by atoms with Gasteiger partial charge in [0.25, 0.3) is 0 Å². The van der Waals surface area contributed by atoms with E-state index in [1.54, 1.807) is 19.5 Å². The largest absolute Gasteiger partial charge is 0.480 e. The van der Waals surface area contributed by atoms with E-state index in [4.69, 9.17) is 4.74 Å². The number of carbonyl (C=O) groups is 1. The van der Waals surface area contributed by atoms with E-state index in [2.05, 4.69) is 21.9 Å². The molecule has 1 saturated carbocycles. The minimum atomic E-state index is -0.260. The van der Waals surface area contributed by atoms with Crippen molar-refractivity contribution >= 4 is 5.91 Å². The molecule has 2 aromatic rings. The number of hydrogen-bond donors (Lipinski definition) is 1. The number of carbonyl (C=O) groups excluding carboxylic acids is 1. The maximum absolute atomic E-state index is 11.7. The molecule has 0 bridgehead atoms. The molecule has 1 amide bonds. The first-order chi connectivity index (χ1) is 11.2. The van der Waals surface area contributed by atoms with Gasteiger partial charge in [-0.2, -0.15) is 0 Å². The van der Waals surface area contributed by atoms with Crippen molar-refractivity contribution in [3.05, 3.63) is 54.9 Å². The maximum Gasteiger partial charge on any atom is 0.244 e. The van der Waals surface area contributed by atoms with E-state index in [1.807, 2.05) is 24.3 Å². The van der Waals surface area contributed by atoms with Crippen molar-refractivity contribution in [1.29, 1.82) is 0 Å². The van der Waals surface area contributed by atoms with Crippen LogP contribution in [0.5, 0.6) is 5.88 Å². The summed E-state index contributed by atoms with van der Waals surface area (Å²) >= 11 is 0. The molecule has 1 aromatic carbocycles. The lowest BCUT2D eigenvalue weighted by Crippen LogP contribution is -2.50. The molecule has 5 heteroatoms. The van der Waals surface area contributed by atoms with Crippen LogP contribution in [-0.2, 0) is 10.3 Å². The maximum atomic E-state index is 11.7. The molecule has 0 saturated heterocycles. The van der Waals surface area contributed by atoms with Gasteiger partial charge in [0.05, 0.1) is 30.7 Å². The molecule has 1 heterocycles. The summed E-state index contributed by atoms with van der Waals surface area (Å²) in [7, 11) is 1.57. The second kappa shape index (κ2) is 6.20. The Hall–Kier alpha value is -2.69. The quantitative estimate of drug-likeness (QED) is 0.863. The normalized spacial score (nSPS) is 15.3. The van der Waals surface area contributed by atoms with Crippen molar-refractivity contribution in [3.8, 4) is 17.1 Å². The first kappa shape index (κ1) is 15.2. The Morgan fingerprint density at radius 3 is 2.61 bits per heavy atom. The Labute approximate surface area is 135 Å². The molecule has 1 fully saturated rings. The number of nitrogens with zero attached hydrogens (tertiary/aromatic N) is 2. The number of rotatable bonds is 5. The molecule has 0 atom stereocenters. The van der Waals surface area contributed by atoms with Crippen molar-refractivity contribution in [1.82, 2.24) is 15.3 Å². The van der Waals surface area contributed by atoms with E-state index in [0.29, 0.717) is 5.88 Å². The van der Waals surface area contributed by atoms with E-state index in [-0.39, 0.29) is 11.4 Å². The zero-order valence-corrected chi connectivity index (χ0v) is 13.1. The second-order valence-corrected chi connectivity index (χ2v) is 5.65. The zero-order chi connectivity index (χ0) is 16.3. The van der Waals surface area contributed by atoms with Gasteiger partial charge in [-0.25, -0.2) is 4.98 Å². The number of nitrogens with one attached hydrogen (secondary N) is 1. The van der Waals surface area contributed by atoms with E-state index in [0.717, 1.165) is 36.1 Å². The first-order valence-electron chi connectivity index (χ1n) is 7.58. The van der Waals surface area contributed by atoms with Gasteiger partial charge in [0.1, 0.15) is 0 Å². The summed E-state index contributed by atoms with van der Waals surface area (Å²) in [5.74, 6) is 0.354. The minimum Gasteiger partial charge on any atom is -0.480 e. The highest BCUT2D eigenvalue weighted by Crippen LogP contribution is 2.41. The van der Waals surface area contributed by atoms with Gasteiger partial charge >= 0.3 is 0 Å². The van der Waals surface area contributed by atoms with Crippen LogP contribution in [-0.4, -0.2) is 23.0 Å². The predicted octanol–water partition coefficient (Wildman–Crippen LogP) is 2.83. The molecule has 0 radical (unpaired) electrons. The second-order valence-electron chi connectivity index (χ2n) is 5.65. The van der Waals surface area contributed by atoms with Crippen molar-refractivity contribution in [2.45, 2.75) is 24.8 Å². The fraction of sp³-hybridized carbons (Fsp3) is 0.278. The van der Waals surface area contributed by atoms with Crippen LogP contribution in [0.4, 0.5) is 0 Å². The molecular weight excluding hydrogens is 290 g/mol. The fourth-order valence-corrected chi connectivity index (χ4v) is 2.85. The number of aromatic nitrogens is 2.